The maximum absolute atomic E-state index is 3.47. The topological polar surface area (TPSA) is 0 Å². The van der Waals surface area contributed by atoms with Gasteiger partial charge in [-0.2, -0.15) is 0 Å². The Morgan fingerprint density at radius 3 is 2.33 bits per heavy atom. The summed E-state index contributed by atoms with van der Waals surface area (Å²) in [4.78, 5) is 7.08. The first-order chi connectivity index (χ1) is 7.08. The number of unbranched alkanes of at least 4 members (excludes halogenated alkanes) is 1. The van der Waals surface area contributed by atoms with Gasteiger partial charge in [0, 0.05) is 0 Å². The van der Waals surface area contributed by atoms with Crippen molar-refractivity contribution >= 4 is 18.4 Å². The molecular weight excluding hydrogens is 287 g/mol. The van der Waals surface area contributed by atoms with E-state index in [1.807, 2.05) is 0 Å². The van der Waals surface area contributed by atoms with E-state index in [-0.39, 0.29) is 0 Å². The van der Waals surface area contributed by atoms with Gasteiger partial charge < -0.3 is 0 Å². The summed E-state index contributed by atoms with van der Waals surface area (Å²) in [6.07, 6.45) is 3.41. The van der Waals surface area contributed by atoms with Crippen molar-refractivity contribution in [3.05, 3.63) is 35.9 Å². The SMILES string of the molecule is [CH3][Sn]([CH3])([CH3])[C]#CCCCc1ccccc1. The van der Waals surface area contributed by atoms with Crippen LogP contribution in [0.25, 0.3) is 0 Å². The Labute approximate surface area is 98.0 Å². The minimum absolute atomic E-state index is 1.06. The molecule has 0 saturated heterocycles. The molecule has 15 heavy (non-hydrogen) atoms. The van der Waals surface area contributed by atoms with Crippen molar-refractivity contribution in [3.63, 3.8) is 0 Å². The van der Waals surface area contributed by atoms with Gasteiger partial charge in [0.2, 0.25) is 0 Å². The van der Waals surface area contributed by atoms with Gasteiger partial charge in [-0.25, -0.2) is 0 Å². The van der Waals surface area contributed by atoms with Gasteiger partial charge in [0.1, 0.15) is 0 Å². The molecule has 0 aliphatic heterocycles. The van der Waals surface area contributed by atoms with Crippen molar-refractivity contribution in [3.8, 4) is 9.86 Å². The van der Waals surface area contributed by atoms with E-state index in [2.05, 4.69) is 55.0 Å². The number of rotatable bonds is 3. The maximum atomic E-state index is 3.47. The molecule has 0 nitrogen and oxygen atoms in total. The molecule has 0 atom stereocenters. The Kier molecular flexibility index (Phi) is 5.25. The molecule has 0 N–H and O–H groups in total. The molecule has 1 heteroatoms. The fraction of sp³-hybridized carbons (Fsp3) is 0.429. The molecule has 0 amide bonds. The molecule has 1 aromatic carbocycles. The quantitative estimate of drug-likeness (QED) is 0.451. The van der Waals surface area contributed by atoms with Crippen LogP contribution in [0.5, 0.6) is 0 Å². The Morgan fingerprint density at radius 2 is 1.73 bits per heavy atom. The summed E-state index contributed by atoms with van der Waals surface area (Å²) in [5.41, 5.74) is 1.43. The number of benzene rings is 1. The molecule has 0 aliphatic rings. The first-order valence-electron chi connectivity index (χ1n) is 5.62. The monoisotopic (exact) mass is 308 g/mol. The summed E-state index contributed by atoms with van der Waals surface area (Å²) in [7, 11) is 0. The summed E-state index contributed by atoms with van der Waals surface area (Å²) in [5.74, 6) is 3.34. The molecule has 0 aromatic heterocycles. The second-order valence-electron chi connectivity index (χ2n) is 4.89. The number of aryl methyl sites for hydroxylation is 1. The number of hydrogen-bond donors (Lipinski definition) is 0. The van der Waals surface area contributed by atoms with Gasteiger partial charge in [0.25, 0.3) is 0 Å². The molecule has 80 valence electrons. The first kappa shape index (κ1) is 12.6. The van der Waals surface area contributed by atoms with Crippen LogP contribution in [0.3, 0.4) is 0 Å². The zero-order valence-corrected chi connectivity index (χ0v) is 12.9. The van der Waals surface area contributed by atoms with E-state index < -0.39 is 18.4 Å². The van der Waals surface area contributed by atoms with E-state index in [1.54, 1.807) is 0 Å². The number of hydrogen-bond acceptors (Lipinski definition) is 0. The van der Waals surface area contributed by atoms with Crippen LogP contribution in [0.15, 0.2) is 30.3 Å². The van der Waals surface area contributed by atoms with Crippen LogP contribution in [0, 0.1) is 9.86 Å². The summed E-state index contributed by atoms with van der Waals surface area (Å²) < 4.78 is 3.47. The zero-order chi connectivity index (χ0) is 11.1. The van der Waals surface area contributed by atoms with Gasteiger partial charge in [-0.1, -0.05) is 0 Å². The molecule has 0 heterocycles. The third kappa shape index (κ3) is 6.62. The standard InChI is InChI=1S/C11H11.3CH3.Sn/c1-2-3-5-8-11-9-6-4-7-10-11;;;;/h4,6-7,9-10H,3,5,8H2;3*1H3;. The van der Waals surface area contributed by atoms with Crippen molar-refractivity contribution in [2.24, 2.45) is 0 Å². The Hall–Kier alpha value is -0.421. The van der Waals surface area contributed by atoms with Gasteiger partial charge in [0.05, 0.1) is 0 Å². The molecular formula is C14H20Sn. The Balaban J connectivity index is 2.25. The van der Waals surface area contributed by atoms with Crippen molar-refractivity contribution in [2.75, 3.05) is 0 Å². The van der Waals surface area contributed by atoms with Crippen molar-refractivity contribution in [1.29, 1.82) is 0 Å². The van der Waals surface area contributed by atoms with Gasteiger partial charge in [0.15, 0.2) is 0 Å². The van der Waals surface area contributed by atoms with Crippen molar-refractivity contribution in [2.45, 2.75) is 34.1 Å². The van der Waals surface area contributed by atoms with E-state index in [1.165, 1.54) is 12.0 Å². The van der Waals surface area contributed by atoms with Gasteiger partial charge in [-0.3, -0.25) is 0 Å². The second-order valence-corrected chi connectivity index (χ2v) is 18.4. The molecule has 1 rings (SSSR count). The molecule has 0 bridgehead atoms. The first-order valence-corrected chi connectivity index (χ1v) is 15.6. The van der Waals surface area contributed by atoms with Crippen LogP contribution in [-0.2, 0) is 6.42 Å². The van der Waals surface area contributed by atoms with Crippen molar-refractivity contribution in [1.82, 2.24) is 0 Å². The molecule has 0 radical (unpaired) electrons. The minimum atomic E-state index is -1.81. The molecule has 1 aromatic rings. The molecule has 0 spiro atoms. The van der Waals surface area contributed by atoms with Crippen LogP contribution in [0.1, 0.15) is 18.4 Å². The Morgan fingerprint density at radius 1 is 1.07 bits per heavy atom. The van der Waals surface area contributed by atoms with E-state index in [9.17, 15) is 0 Å². The van der Waals surface area contributed by atoms with Gasteiger partial charge in [-0.15, -0.1) is 0 Å². The predicted molar refractivity (Wildman–Crippen MR) is 70.5 cm³/mol. The normalized spacial score (nSPS) is 10.6. The van der Waals surface area contributed by atoms with Crippen LogP contribution in [0.4, 0.5) is 0 Å². The van der Waals surface area contributed by atoms with Gasteiger partial charge >= 0.3 is 98.2 Å². The summed E-state index contributed by atoms with van der Waals surface area (Å²) >= 11 is -1.81. The zero-order valence-electron chi connectivity index (χ0n) is 10.0. The fourth-order valence-electron chi connectivity index (χ4n) is 1.35. The van der Waals surface area contributed by atoms with Crippen LogP contribution < -0.4 is 0 Å². The Bertz CT molecular complexity index is 335. The predicted octanol–water partition coefficient (Wildman–Crippen LogP) is 3.89. The van der Waals surface area contributed by atoms with E-state index in [4.69, 9.17) is 0 Å². The molecule has 0 aliphatic carbocycles. The summed E-state index contributed by atoms with van der Waals surface area (Å²) in [5, 5.41) is 0. The summed E-state index contributed by atoms with van der Waals surface area (Å²) in [6, 6.07) is 10.7. The van der Waals surface area contributed by atoms with Gasteiger partial charge in [-0.05, 0) is 0 Å². The van der Waals surface area contributed by atoms with Crippen LogP contribution >= 0.6 is 0 Å². The average molecular weight is 307 g/mol. The third-order valence-electron chi connectivity index (χ3n) is 2.07. The van der Waals surface area contributed by atoms with E-state index in [0.717, 1.165) is 12.8 Å². The van der Waals surface area contributed by atoms with Crippen molar-refractivity contribution < 1.29 is 0 Å². The van der Waals surface area contributed by atoms with E-state index >= 15 is 0 Å². The second kappa shape index (κ2) is 6.22. The van der Waals surface area contributed by atoms with Crippen LogP contribution in [-0.4, -0.2) is 18.4 Å². The third-order valence-corrected chi connectivity index (χ3v) is 4.72. The summed E-state index contributed by atoms with van der Waals surface area (Å²) in [6.45, 7) is 0. The fourth-order valence-corrected chi connectivity index (χ4v) is 3.22. The van der Waals surface area contributed by atoms with E-state index in [0.29, 0.717) is 0 Å². The molecule has 0 saturated carbocycles. The molecule has 0 unspecified atom stereocenters. The molecule has 0 fully saturated rings. The van der Waals surface area contributed by atoms with Crippen LogP contribution in [0.2, 0.25) is 14.8 Å². The average Bonchev–Trinajstić information content (AvgIpc) is 2.17.